The molecule has 3 fully saturated rings. The first kappa shape index (κ1) is 45.1. The Bertz CT molecular complexity index is 5290. The number of fused-ring (bicyclic) bond motifs is 25. The molecule has 0 N–H and O–H groups in total. The molecular weight excluding hydrogens is 1040 g/mol. The fourth-order valence-electron chi connectivity index (χ4n) is 18.3. The van der Waals surface area contributed by atoms with Crippen LogP contribution in [0, 0.1) is 23.2 Å². The van der Waals surface area contributed by atoms with E-state index >= 15 is 0 Å². The highest BCUT2D eigenvalue weighted by Gasteiger charge is 2.85. The van der Waals surface area contributed by atoms with Crippen LogP contribution < -0.4 is 26.2 Å². The number of anilines is 6. The molecule has 4 nitrogen and oxygen atoms in total. The van der Waals surface area contributed by atoms with Crippen LogP contribution in [-0.2, 0) is 22.1 Å². The summed E-state index contributed by atoms with van der Waals surface area (Å²) in [4.78, 5) is 7.97. The molecule has 7 aliphatic rings. The average molecular weight is 1090 g/mol. The number of rotatable bonds is 6. The Morgan fingerprint density at radius 3 is 1.77 bits per heavy atom. The number of hydrogen-bond donors (Lipinski definition) is 0. The largest absolute Gasteiger partial charge is 0.455 e. The number of para-hydroxylation sites is 4. The molecule has 392 valence electrons. The topological polar surface area (TPSA) is 32.8 Å². The molecule has 2 aliphatic heterocycles. The Balaban J connectivity index is 0.973. The number of nitrogens with zero attached hydrogens (tertiary/aromatic N) is 2. The lowest BCUT2D eigenvalue weighted by molar-refractivity contribution is 0.175. The highest BCUT2D eigenvalue weighted by Crippen LogP contribution is 2.91. The molecule has 6 heteroatoms. The van der Waals surface area contributed by atoms with Crippen LogP contribution in [0.3, 0.4) is 0 Å². The smallest absolute Gasteiger partial charge is 0.253 e. The molecule has 12 aromatic carbocycles. The van der Waals surface area contributed by atoms with Crippen molar-refractivity contribution in [3.63, 3.8) is 0 Å². The lowest BCUT2D eigenvalue weighted by atomic mass is 9.32. The molecule has 0 radical (unpaired) electrons. The van der Waals surface area contributed by atoms with Gasteiger partial charge in [-0.1, -0.05) is 182 Å². The Hall–Kier alpha value is -9.49. The first-order valence-corrected chi connectivity index (χ1v) is 31.3. The predicted octanol–water partition coefficient (Wildman–Crippen LogP) is 18.0. The van der Waals surface area contributed by atoms with Gasteiger partial charge in [-0.05, 0) is 135 Å². The number of allylic oxidation sites excluding steroid dienone is 2. The van der Waals surface area contributed by atoms with E-state index in [4.69, 9.17) is 8.83 Å². The summed E-state index contributed by atoms with van der Waals surface area (Å²) in [6.07, 6.45) is 5.28. The predicted molar refractivity (Wildman–Crippen MR) is 347 cm³/mol. The van der Waals surface area contributed by atoms with E-state index in [1.807, 2.05) is 0 Å². The van der Waals surface area contributed by atoms with Crippen LogP contribution >= 0.6 is 0 Å². The molecule has 0 amide bonds. The number of hydrogen-bond acceptors (Lipinski definition) is 4. The monoisotopic (exact) mass is 1090 g/mol. The van der Waals surface area contributed by atoms with Gasteiger partial charge >= 0.3 is 0 Å². The summed E-state index contributed by atoms with van der Waals surface area (Å²) in [7, 11) is -0.392. The van der Waals surface area contributed by atoms with Gasteiger partial charge in [-0.15, -0.1) is 0 Å². The third-order valence-corrected chi connectivity index (χ3v) is 23.6. The van der Waals surface area contributed by atoms with Crippen molar-refractivity contribution in [2.75, 3.05) is 9.80 Å². The molecule has 5 aliphatic carbocycles. The molecule has 4 heterocycles. The summed E-state index contributed by atoms with van der Waals surface area (Å²) in [6.45, 7) is -0.177. The van der Waals surface area contributed by atoms with Crippen LogP contribution in [0.5, 0.6) is 0 Å². The molecule has 2 aromatic heterocycles. The van der Waals surface area contributed by atoms with Gasteiger partial charge in [0.2, 0.25) is 0 Å². The SMILES string of the molecule is C1=C2CC34CC3C3(c5ccccc5-c5c6c(c7ccc8c9ccccc9oc8c7c53)N(c3ccccc3)c3cc([S+](Cc5ccccc5)c5ccccc5)cc5c3B6c3ccc6c(ccc7c8ccccc8oc67)c3N5c3ccccc3)C1C24. The van der Waals surface area contributed by atoms with E-state index in [0.29, 0.717) is 23.2 Å². The second-order valence-corrected chi connectivity index (χ2v) is 26.9. The Kier molecular flexibility index (Phi) is 8.47. The van der Waals surface area contributed by atoms with E-state index in [2.05, 4.69) is 259 Å². The fraction of sp³-hybridized carbons (Fsp3) is 0.103. The normalized spacial score (nSPS) is 21.7. The standard InChI is InChI=1S/C78H50BN2O2S/c1-5-19-45(20-6-1)44-84(49-25-11-4-12-26-49)50-40-62-71-63(41-50)81(48-23-9-3-10-24-48)74-58-36-35-55-52-28-15-18-32-65(52)83-76(55)68(58)70-67(57-29-13-16-30-59(57)78(70)60-39-46-42-77(69(46)60)43-66(77)78)72(74)79(71)61-38-37-56-53(73(61)80(62)47-21-7-2-8-22-47)33-34-54-51-27-14-17-31-64(51)82-75(54)56/h1-41,60,66,69H,42-44H2/q+1. The van der Waals surface area contributed by atoms with E-state index in [-0.39, 0.29) is 12.1 Å². The summed E-state index contributed by atoms with van der Waals surface area (Å²) in [5, 5.41) is 9.48. The first-order chi connectivity index (χ1) is 41.7. The van der Waals surface area contributed by atoms with Gasteiger partial charge in [-0.25, -0.2) is 0 Å². The maximum absolute atomic E-state index is 7.47. The van der Waals surface area contributed by atoms with Crippen molar-refractivity contribution in [3.05, 3.63) is 271 Å². The molecule has 0 saturated heterocycles. The van der Waals surface area contributed by atoms with Gasteiger partial charge in [-0.3, -0.25) is 0 Å². The van der Waals surface area contributed by atoms with Crippen molar-refractivity contribution in [3.8, 4) is 11.1 Å². The van der Waals surface area contributed by atoms with Gasteiger partial charge in [0.05, 0.1) is 16.6 Å². The zero-order valence-electron chi connectivity index (χ0n) is 45.7. The molecular formula is C78H50BN2O2S+. The van der Waals surface area contributed by atoms with E-state index in [1.165, 1.54) is 117 Å². The van der Waals surface area contributed by atoms with Crippen LogP contribution in [0.15, 0.2) is 273 Å². The molecule has 6 atom stereocenters. The lowest BCUT2D eigenvalue weighted by Gasteiger charge is -2.52. The second-order valence-electron chi connectivity index (χ2n) is 24.9. The zero-order chi connectivity index (χ0) is 54.3. The van der Waals surface area contributed by atoms with Crippen molar-refractivity contribution in [1.82, 2.24) is 0 Å². The van der Waals surface area contributed by atoms with Crippen LogP contribution in [0.2, 0.25) is 0 Å². The molecule has 84 heavy (non-hydrogen) atoms. The van der Waals surface area contributed by atoms with Crippen molar-refractivity contribution in [2.45, 2.75) is 33.8 Å². The molecule has 21 rings (SSSR count). The van der Waals surface area contributed by atoms with Gasteiger partial charge in [0.15, 0.2) is 9.79 Å². The summed E-state index contributed by atoms with van der Waals surface area (Å²) >= 11 is 0. The van der Waals surface area contributed by atoms with Crippen molar-refractivity contribution in [2.24, 2.45) is 23.2 Å². The minimum absolute atomic E-state index is 0.177. The maximum Gasteiger partial charge on any atom is 0.253 e. The fourth-order valence-corrected chi connectivity index (χ4v) is 20.4. The number of benzene rings is 12. The second kappa shape index (κ2) is 15.8. The van der Waals surface area contributed by atoms with Crippen molar-refractivity contribution < 1.29 is 8.83 Å². The Morgan fingerprint density at radius 2 is 1.07 bits per heavy atom. The van der Waals surface area contributed by atoms with Crippen molar-refractivity contribution >= 4 is 134 Å². The summed E-state index contributed by atoms with van der Waals surface area (Å²) < 4.78 is 14.5. The van der Waals surface area contributed by atoms with E-state index in [1.54, 1.807) is 5.57 Å². The summed E-state index contributed by atoms with van der Waals surface area (Å²) in [5.41, 5.74) is 24.0. The van der Waals surface area contributed by atoms with Gasteiger partial charge in [0.25, 0.3) is 6.71 Å². The minimum atomic E-state index is -0.392. The molecule has 6 unspecified atom stereocenters. The molecule has 0 bridgehead atoms. The van der Waals surface area contributed by atoms with E-state index in [9.17, 15) is 0 Å². The minimum Gasteiger partial charge on any atom is -0.455 e. The van der Waals surface area contributed by atoms with Crippen LogP contribution in [0.4, 0.5) is 34.1 Å². The van der Waals surface area contributed by atoms with Crippen LogP contribution in [0.1, 0.15) is 29.5 Å². The zero-order valence-corrected chi connectivity index (χ0v) is 46.5. The Morgan fingerprint density at radius 1 is 0.500 bits per heavy atom. The van der Waals surface area contributed by atoms with Gasteiger partial charge in [-0.2, -0.15) is 0 Å². The summed E-state index contributed by atoms with van der Waals surface area (Å²) in [5.74, 6) is 2.50. The van der Waals surface area contributed by atoms with E-state index < -0.39 is 10.9 Å². The molecule has 14 aromatic rings. The Labute approximate surface area is 488 Å². The maximum atomic E-state index is 7.47. The van der Waals surface area contributed by atoms with Gasteiger partial charge in [0, 0.05) is 94.6 Å². The van der Waals surface area contributed by atoms with Gasteiger partial charge < -0.3 is 18.6 Å². The van der Waals surface area contributed by atoms with E-state index in [0.717, 1.165) is 55.6 Å². The van der Waals surface area contributed by atoms with Crippen LogP contribution in [-0.4, -0.2) is 6.71 Å². The highest BCUT2D eigenvalue weighted by atomic mass is 32.2. The first-order valence-electron chi connectivity index (χ1n) is 30.0. The third-order valence-electron chi connectivity index (χ3n) is 21.3. The molecule has 2 spiro atoms. The average Bonchev–Trinajstić information content (AvgIpc) is 1.44. The van der Waals surface area contributed by atoms with Crippen LogP contribution in [0.25, 0.3) is 76.5 Å². The van der Waals surface area contributed by atoms with Crippen molar-refractivity contribution in [1.29, 1.82) is 0 Å². The lowest BCUT2D eigenvalue weighted by Crippen LogP contribution is -2.62. The number of furan rings is 2. The highest BCUT2D eigenvalue weighted by molar-refractivity contribution is 7.96. The molecule has 3 saturated carbocycles. The third kappa shape index (κ3) is 5.38. The summed E-state index contributed by atoms with van der Waals surface area (Å²) in [6, 6.07) is 91.8. The van der Waals surface area contributed by atoms with Gasteiger partial charge in [0.1, 0.15) is 28.1 Å². The quantitative estimate of drug-likeness (QED) is 0.0944.